The average molecular weight is 448 g/mol. The number of aryl methyl sites for hydroxylation is 2. The molecule has 1 aliphatic rings. The Bertz CT molecular complexity index is 1160. The summed E-state index contributed by atoms with van der Waals surface area (Å²) in [5, 5.41) is 0. The fraction of sp³-hybridized carbons (Fsp3) is 0.308. The van der Waals surface area contributed by atoms with E-state index in [9.17, 15) is 22.0 Å². The molecule has 32 heavy (non-hydrogen) atoms. The maximum Gasteiger partial charge on any atom is 0.419 e. The molecule has 6 heteroatoms. The van der Waals surface area contributed by atoms with E-state index in [1.54, 1.807) is 0 Å². The molecule has 0 saturated heterocycles. The van der Waals surface area contributed by atoms with Crippen LogP contribution in [0.5, 0.6) is 0 Å². The molecule has 0 atom stereocenters. The fourth-order valence-corrected chi connectivity index (χ4v) is 4.42. The first-order valence-corrected chi connectivity index (χ1v) is 10.7. The molecule has 0 radical (unpaired) electrons. The molecule has 0 amide bonds. The molecule has 0 nitrogen and oxygen atoms in total. The van der Waals surface area contributed by atoms with Crippen molar-refractivity contribution in [3.63, 3.8) is 0 Å². The van der Waals surface area contributed by atoms with Gasteiger partial charge in [-0.15, -0.1) is 0 Å². The lowest BCUT2D eigenvalue weighted by Crippen LogP contribution is -2.10. The second-order valence-corrected chi connectivity index (χ2v) is 8.21. The molecule has 0 N–H and O–H groups in total. The maximum atomic E-state index is 15.4. The summed E-state index contributed by atoms with van der Waals surface area (Å²) in [6, 6.07) is 9.10. The standard InChI is InChI=1S/C26H22F6/c1-2-3-4-5-15-6-9-18-16(12-15)7-10-19-20(18)14-23(28)24(25(19)29)17-8-11-21(22(27)13-17)26(30,31)32/h6,8-9,11-14H,2-5,7,10H2,1H3. The molecule has 3 aromatic carbocycles. The van der Waals surface area contributed by atoms with Crippen LogP contribution in [-0.2, 0) is 25.4 Å². The third-order valence-corrected chi connectivity index (χ3v) is 6.06. The molecule has 3 aromatic rings. The van der Waals surface area contributed by atoms with Crippen LogP contribution in [-0.4, -0.2) is 0 Å². The van der Waals surface area contributed by atoms with Crippen molar-refractivity contribution in [2.75, 3.05) is 0 Å². The normalized spacial score (nSPS) is 13.1. The Kier molecular flexibility index (Phi) is 6.06. The predicted octanol–water partition coefficient (Wildman–Crippen LogP) is 8.29. The first-order valence-electron chi connectivity index (χ1n) is 10.7. The molecule has 0 spiro atoms. The Morgan fingerprint density at radius 2 is 1.59 bits per heavy atom. The number of hydrogen-bond acceptors (Lipinski definition) is 0. The van der Waals surface area contributed by atoms with Crippen LogP contribution in [0, 0.1) is 17.5 Å². The molecule has 0 fully saturated rings. The minimum Gasteiger partial charge on any atom is -0.206 e. The Hall–Kier alpha value is -2.76. The second kappa shape index (κ2) is 8.64. The van der Waals surface area contributed by atoms with Gasteiger partial charge in [0.05, 0.1) is 11.1 Å². The highest BCUT2D eigenvalue weighted by atomic mass is 19.4. The van der Waals surface area contributed by atoms with E-state index in [2.05, 4.69) is 13.0 Å². The van der Waals surface area contributed by atoms with Gasteiger partial charge in [0.25, 0.3) is 0 Å². The summed E-state index contributed by atoms with van der Waals surface area (Å²) in [6.07, 6.45) is 0.341. The van der Waals surface area contributed by atoms with Gasteiger partial charge in [0.1, 0.15) is 17.5 Å². The van der Waals surface area contributed by atoms with Gasteiger partial charge < -0.3 is 0 Å². The van der Waals surface area contributed by atoms with E-state index in [1.165, 1.54) is 11.6 Å². The number of benzene rings is 3. The number of alkyl halides is 3. The topological polar surface area (TPSA) is 0 Å². The van der Waals surface area contributed by atoms with Crippen molar-refractivity contribution >= 4 is 0 Å². The Labute approximate surface area is 182 Å². The highest BCUT2D eigenvalue weighted by Gasteiger charge is 2.34. The van der Waals surface area contributed by atoms with E-state index in [-0.39, 0.29) is 5.56 Å². The van der Waals surface area contributed by atoms with E-state index in [0.717, 1.165) is 42.9 Å². The minimum absolute atomic E-state index is 0.259. The largest absolute Gasteiger partial charge is 0.419 e. The zero-order valence-corrected chi connectivity index (χ0v) is 17.6. The second-order valence-electron chi connectivity index (χ2n) is 8.21. The van der Waals surface area contributed by atoms with Crippen LogP contribution in [0.2, 0.25) is 0 Å². The fourth-order valence-electron chi connectivity index (χ4n) is 4.42. The van der Waals surface area contributed by atoms with Crippen LogP contribution in [0.4, 0.5) is 26.3 Å². The van der Waals surface area contributed by atoms with E-state index in [1.807, 2.05) is 12.1 Å². The van der Waals surface area contributed by atoms with Crippen molar-refractivity contribution in [1.29, 1.82) is 0 Å². The molecule has 4 rings (SSSR count). The van der Waals surface area contributed by atoms with Crippen LogP contribution < -0.4 is 0 Å². The van der Waals surface area contributed by atoms with Gasteiger partial charge in [-0.3, -0.25) is 0 Å². The summed E-state index contributed by atoms with van der Waals surface area (Å²) < 4.78 is 82.9. The lowest BCUT2D eigenvalue weighted by Gasteiger charge is -2.23. The van der Waals surface area contributed by atoms with Gasteiger partial charge in [0.2, 0.25) is 0 Å². The Morgan fingerprint density at radius 3 is 2.28 bits per heavy atom. The summed E-state index contributed by atoms with van der Waals surface area (Å²) in [5.41, 5.74) is 1.49. The van der Waals surface area contributed by atoms with Crippen molar-refractivity contribution in [2.24, 2.45) is 0 Å². The van der Waals surface area contributed by atoms with Gasteiger partial charge in [0.15, 0.2) is 0 Å². The highest BCUT2D eigenvalue weighted by molar-refractivity contribution is 5.78. The Balaban J connectivity index is 1.74. The Morgan fingerprint density at radius 1 is 0.812 bits per heavy atom. The molecular weight excluding hydrogens is 426 g/mol. The third-order valence-electron chi connectivity index (χ3n) is 6.06. The van der Waals surface area contributed by atoms with Crippen molar-refractivity contribution in [1.82, 2.24) is 0 Å². The molecule has 0 aliphatic heterocycles. The van der Waals surface area contributed by atoms with Crippen LogP contribution in [0.25, 0.3) is 22.3 Å². The summed E-state index contributed by atoms with van der Waals surface area (Å²) in [6.45, 7) is 2.14. The van der Waals surface area contributed by atoms with Crippen LogP contribution in [0.3, 0.4) is 0 Å². The molecular formula is C26H22F6. The lowest BCUT2D eigenvalue weighted by molar-refractivity contribution is -0.139. The SMILES string of the molecule is CCCCCc1ccc2c(c1)CCc1c-2cc(F)c(-c2ccc(C(F)(F)F)c(F)c2)c1F. The summed E-state index contributed by atoms with van der Waals surface area (Å²) >= 11 is 0. The van der Waals surface area contributed by atoms with Gasteiger partial charge >= 0.3 is 6.18 Å². The molecule has 1 aliphatic carbocycles. The summed E-state index contributed by atoms with van der Waals surface area (Å²) in [5.74, 6) is -3.34. The van der Waals surface area contributed by atoms with Gasteiger partial charge in [-0.1, -0.05) is 44.0 Å². The zero-order valence-electron chi connectivity index (χ0n) is 17.6. The van der Waals surface area contributed by atoms with Crippen LogP contribution in [0.15, 0.2) is 42.5 Å². The smallest absolute Gasteiger partial charge is 0.206 e. The van der Waals surface area contributed by atoms with Crippen molar-refractivity contribution < 1.29 is 26.3 Å². The quantitative estimate of drug-likeness (QED) is 0.272. The zero-order chi connectivity index (χ0) is 23.0. The van der Waals surface area contributed by atoms with Crippen molar-refractivity contribution in [2.45, 2.75) is 51.6 Å². The highest BCUT2D eigenvalue weighted by Crippen LogP contribution is 2.41. The van der Waals surface area contributed by atoms with E-state index >= 15 is 4.39 Å². The molecule has 168 valence electrons. The number of hydrogen-bond donors (Lipinski definition) is 0. The van der Waals surface area contributed by atoms with Gasteiger partial charge in [-0.25, -0.2) is 13.2 Å². The first kappa shape index (κ1) is 22.4. The molecule has 0 saturated carbocycles. The third kappa shape index (κ3) is 4.15. The van der Waals surface area contributed by atoms with Crippen LogP contribution >= 0.6 is 0 Å². The maximum absolute atomic E-state index is 15.4. The minimum atomic E-state index is -4.88. The molecule has 0 aromatic heterocycles. The van der Waals surface area contributed by atoms with Gasteiger partial charge in [-0.2, -0.15) is 13.2 Å². The van der Waals surface area contributed by atoms with Crippen LogP contribution in [0.1, 0.15) is 48.4 Å². The lowest BCUT2D eigenvalue weighted by atomic mass is 9.82. The summed E-state index contributed by atoms with van der Waals surface area (Å²) in [7, 11) is 0. The number of rotatable bonds is 5. The molecule has 0 bridgehead atoms. The first-order chi connectivity index (χ1) is 15.2. The number of fused-ring (bicyclic) bond motifs is 3. The molecule has 0 heterocycles. The van der Waals surface area contributed by atoms with E-state index in [4.69, 9.17) is 0 Å². The van der Waals surface area contributed by atoms with Crippen molar-refractivity contribution in [3.05, 3.63) is 82.2 Å². The van der Waals surface area contributed by atoms with Gasteiger partial charge in [0, 0.05) is 0 Å². The van der Waals surface area contributed by atoms with Crippen molar-refractivity contribution in [3.8, 4) is 22.3 Å². The predicted molar refractivity (Wildman–Crippen MR) is 113 cm³/mol. The number of halogens is 6. The van der Waals surface area contributed by atoms with Gasteiger partial charge in [-0.05, 0) is 77.3 Å². The van der Waals surface area contributed by atoms with E-state index < -0.39 is 34.8 Å². The molecule has 0 unspecified atom stereocenters. The average Bonchev–Trinajstić information content (AvgIpc) is 2.73. The monoisotopic (exact) mass is 448 g/mol. The van der Waals surface area contributed by atoms with E-state index in [0.29, 0.717) is 36.1 Å². The number of unbranched alkanes of at least 4 members (excludes halogenated alkanes) is 2. The summed E-state index contributed by atoms with van der Waals surface area (Å²) in [4.78, 5) is 0.